The number of halogens is 1. The molecule has 0 saturated carbocycles. The Bertz CT molecular complexity index is 447. The van der Waals surface area contributed by atoms with Crippen LogP contribution >= 0.6 is 10.7 Å². The maximum atomic E-state index is 11.3. The molecule has 1 rings (SSSR count). The van der Waals surface area contributed by atoms with E-state index in [0.717, 1.165) is 0 Å². The standard InChI is InChI=1S/C10H13ClO4S/c1-7(16(11,12)13)10-8(14-2)5-4-6-9(10)15-3/h4-7H,1-3H3. The van der Waals surface area contributed by atoms with Crippen LogP contribution in [0.1, 0.15) is 17.7 Å². The average molecular weight is 265 g/mol. The normalized spacial score (nSPS) is 13.2. The SMILES string of the molecule is COc1cccc(OC)c1C(C)S(=O)(=O)Cl. The monoisotopic (exact) mass is 264 g/mol. The van der Waals surface area contributed by atoms with E-state index in [0.29, 0.717) is 17.1 Å². The van der Waals surface area contributed by atoms with Gasteiger partial charge in [0.05, 0.1) is 19.8 Å². The van der Waals surface area contributed by atoms with Crippen molar-refractivity contribution in [3.05, 3.63) is 23.8 Å². The highest BCUT2D eigenvalue weighted by Crippen LogP contribution is 2.38. The number of hydrogen-bond acceptors (Lipinski definition) is 4. The predicted octanol–water partition coefficient (Wildman–Crippen LogP) is 2.33. The number of methoxy groups -OCH3 is 2. The summed E-state index contributed by atoms with van der Waals surface area (Å²) in [6.07, 6.45) is 0. The fourth-order valence-corrected chi connectivity index (χ4v) is 2.20. The van der Waals surface area contributed by atoms with E-state index in [2.05, 4.69) is 0 Å². The van der Waals surface area contributed by atoms with Gasteiger partial charge >= 0.3 is 0 Å². The Labute approximate surface area is 99.6 Å². The van der Waals surface area contributed by atoms with E-state index in [1.807, 2.05) is 0 Å². The largest absolute Gasteiger partial charge is 0.496 e. The third kappa shape index (κ3) is 2.59. The second kappa shape index (κ2) is 4.93. The summed E-state index contributed by atoms with van der Waals surface area (Å²) in [6.45, 7) is 1.49. The molecule has 1 aromatic carbocycles. The molecule has 16 heavy (non-hydrogen) atoms. The first kappa shape index (κ1) is 13.1. The van der Waals surface area contributed by atoms with Crippen LogP contribution in [0, 0.1) is 0 Å². The fourth-order valence-electron chi connectivity index (χ4n) is 1.42. The van der Waals surface area contributed by atoms with Gasteiger partial charge in [0.1, 0.15) is 16.7 Å². The molecule has 1 atom stereocenters. The number of benzene rings is 1. The van der Waals surface area contributed by atoms with Crippen LogP contribution in [0.15, 0.2) is 18.2 Å². The van der Waals surface area contributed by atoms with Crippen LogP contribution in [0.4, 0.5) is 0 Å². The van der Waals surface area contributed by atoms with Gasteiger partial charge in [-0.05, 0) is 19.1 Å². The smallest absolute Gasteiger partial charge is 0.239 e. The molecular formula is C10H13ClO4S. The van der Waals surface area contributed by atoms with Crippen molar-refractivity contribution in [1.82, 2.24) is 0 Å². The van der Waals surface area contributed by atoms with Gasteiger partial charge in [-0.3, -0.25) is 0 Å². The number of rotatable bonds is 4. The van der Waals surface area contributed by atoms with Crippen molar-refractivity contribution in [1.29, 1.82) is 0 Å². The van der Waals surface area contributed by atoms with Gasteiger partial charge in [-0.2, -0.15) is 0 Å². The van der Waals surface area contributed by atoms with E-state index in [1.54, 1.807) is 18.2 Å². The summed E-state index contributed by atoms with van der Waals surface area (Å²) in [5.41, 5.74) is 0.433. The van der Waals surface area contributed by atoms with Crippen molar-refractivity contribution < 1.29 is 17.9 Å². The first-order valence-corrected chi connectivity index (χ1v) is 6.93. The third-order valence-electron chi connectivity index (χ3n) is 2.29. The van der Waals surface area contributed by atoms with Crippen molar-refractivity contribution in [2.24, 2.45) is 0 Å². The molecule has 0 spiro atoms. The average Bonchev–Trinajstić information content (AvgIpc) is 2.25. The molecule has 0 aromatic heterocycles. The summed E-state index contributed by atoms with van der Waals surface area (Å²) < 4.78 is 32.8. The van der Waals surface area contributed by atoms with Crippen molar-refractivity contribution >= 4 is 19.7 Å². The summed E-state index contributed by atoms with van der Waals surface area (Å²) in [7, 11) is 4.56. The van der Waals surface area contributed by atoms with E-state index < -0.39 is 14.3 Å². The van der Waals surface area contributed by atoms with Crippen molar-refractivity contribution in [3.63, 3.8) is 0 Å². The van der Waals surface area contributed by atoms with Gasteiger partial charge in [0.15, 0.2) is 0 Å². The van der Waals surface area contributed by atoms with E-state index in [9.17, 15) is 8.42 Å². The molecule has 1 aromatic rings. The Balaban J connectivity index is 3.40. The van der Waals surface area contributed by atoms with Gasteiger partial charge in [0, 0.05) is 10.7 Å². The Morgan fingerprint density at radius 1 is 1.19 bits per heavy atom. The molecule has 0 aliphatic rings. The lowest BCUT2D eigenvalue weighted by Gasteiger charge is -2.16. The van der Waals surface area contributed by atoms with Crippen molar-refractivity contribution in [2.45, 2.75) is 12.2 Å². The molecule has 0 amide bonds. The van der Waals surface area contributed by atoms with Crippen LogP contribution in [0.25, 0.3) is 0 Å². The highest BCUT2D eigenvalue weighted by atomic mass is 35.7. The molecule has 0 aliphatic heterocycles. The van der Waals surface area contributed by atoms with Crippen LogP contribution in [0.2, 0.25) is 0 Å². The zero-order valence-corrected chi connectivity index (χ0v) is 10.8. The highest BCUT2D eigenvalue weighted by molar-refractivity contribution is 8.13. The van der Waals surface area contributed by atoms with E-state index >= 15 is 0 Å². The zero-order chi connectivity index (χ0) is 12.3. The Morgan fingerprint density at radius 3 is 1.94 bits per heavy atom. The zero-order valence-electron chi connectivity index (χ0n) is 9.23. The minimum Gasteiger partial charge on any atom is -0.496 e. The van der Waals surface area contributed by atoms with E-state index in [4.69, 9.17) is 20.2 Å². The third-order valence-corrected chi connectivity index (χ3v) is 4.18. The second-order valence-electron chi connectivity index (χ2n) is 3.19. The predicted molar refractivity (Wildman–Crippen MR) is 62.7 cm³/mol. The molecule has 1 unspecified atom stereocenters. The molecule has 0 saturated heterocycles. The van der Waals surface area contributed by atoms with Crippen LogP contribution in [0.5, 0.6) is 11.5 Å². The quantitative estimate of drug-likeness (QED) is 0.784. The van der Waals surface area contributed by atoms with Gasteiger partial charge in [-0.15, -0.1) is 0 Å². The summed E-state index contributed by atoms with van der Waals surface area (Å²) in [4.78, 5) is 0. The molecule has 4 nitrogen and oxygen atoms in total. The summed E-state index contributed by atoms with van der Waals surface area (Å²) in [5.74, 6) is 0.882. The van der Waals surface area contributed by atoms with Gasteiger partial charge in [0.2, 0.25) is 9.05 Å². The van der Waals surface area contributed by atoms with Gasteiger partial charge in [-0.25, -0.2) is 8.42 Å². The van der Waals surface area contributed by atoms with E-state index in [-0.39, 0.29) is 0 Å². The maximum absolute atomic E-state index is 11.3. The van der Waals surface area contributed by atoms with Gasteiger partial charge in [-0.1, -0.05) is 6.07 Å². The molecule has 6 heteroatoms. The number of ether oxygens (including phenoxy) is 2. The number of hydrogen-bond donors (Lipinski definition) is 0. The summed E-state index contributed by atoms with van der Waals surface area (Å²) >= 11 is 0. The van der Waals surface area contributed by atoms with Crippen molar-refractivity contribution in [2.75, 3.05) is 14.2 Å². The minimum absolute atomic E-state index is 0.433. The molecule has 0 fully saturated rings. The lowest BCUT2D eigenvalue weighted by molar-refractivity contribution is 0.385. The molecule has 0 radical (unpaired) electrons. The topological polar surface area (TPSA) is 52.6 Å². The van der Waals surface area contributed by atoms with Crippen molar-refractivity contribution in [3.8, 4) is 11.5 Å². The first-order valence-electron chi connectivity index (χ1n) is 4.56. The lowest BCUT2D eigenvalue weighted by atomic mass is 10.1. The van der Waals surface area contributed by atoms with Gasteiger partial charge in [0.25, 0.3) is 0 Å². The molecule has 0 bridgehead atoms. The first-order chi connectivity index (χ1) is 7.41. The molecule has 0 N–H and O–H groups in total. The maximum Gasteiger partial charge on any atom is 0.239 e. The summed E-state index contributed by atoms with van der Waals surface area (Å²) in [6, 6.07) is 5.04. The molecule has 0 aliphatic carbocycles. The Kier molecular flexibility index (Phi) is 4.04. The minimum atomic E-state index is -3.71. The van der Waals surface area contributed by atoms with Crippen LogP contribution in [-0.2, 0) is 9.05 Å². The fraction of sp³-hybridized carbons (Fsp3) is 0.400. The Hall–Kier alpha value is -0.940. The van der Waals surface area contributed by atoms with Crippen LogP contribution in [0.3, 0.4) is 0 Å². The van der Waals surface area contributed by atoms with Gasteiger partial charge < -0.3 is 9.47 Å². The summed E-state index contributed by atoms with van der Waals surface area (Å²) in [5, 5.41) is -0.889. The molecule has 90 valence electrons. The van der Waals surface area contributed by atoms with Crippen LogP contribution < -0.4 is 9.47 Å². The molecular weight excluding hydrogens is 252 g/mol. The molecule has 0 heterocycles. The highest BCUT2D eigenvalue weighted by Gasteiger charge is 2.26. The van der Waals surface area contributed by atoms with E-state index in [1.165, 1.54) is 21.1 Å². The second-order valence-corrected chi connectivity index (χ2v) is 6.14. The lowest BCUT2D eigenvalue weighted by Crippen LogP contribution is -2.07. The Morgan fingerprint density at radius 2 is 1.62 bits per heavy atom. The van der Waals surface area contributed by atoms with Crippen LogP contribution in [-0.4, -0.2) is 22.6 Å².